The van der Waals surface area contributed by atoms with E-state index in [2.05, 4.69) is 20.3 Å². The molecular weight excluding hydrogens is 292 g/mol. The first-order valence-electron chi connectivity index (χ1n) is 7.63. The number of para-hydroxylation sites is 2. The molecule has 1 N–H and O–H groups in total. The molecule has 3 heterocycles. The number of nitrogens with zero attached hydrogens (tertiary/aromatic N) is 5. The van der Waals surface area contributed by atoms with Gasteiger partial charge in [-0.05, 0) is 18.2 Å². The zero-order chi connectivity index (χ0) is 15.6. The fourth-order valence-electron chi connectivity index (χ4n) is 2.71. The first-order valence-corrected chi connectivity index (χ1v) is 7.63. The fraction of sp³-hybridized carbons (Fsp3) is 0.312. The molecule has 1 aromatic carbocycles. The minimum Gasteiger partial charge on any atom is -0.356 e. The lowest BCUT2D eigenvalue weighted by atomic mass is 10.3. The second-order valence-electron chi connectivity index (χ2n) is 5.46. The van der Waals surface area contributed by atoms with E-state index in [0.717, 1.165) is 29.9 Å². The lowest BCUT2D eigenvalue weighted by Gasteiger charge is -2.31. The number of nitrogens with one attached hydrogen (secondary N) is 1. The smallest absolute Gasteiger partial charge is 0.229 e. The fourth-order valence-corrected chi connectivity index (χ4v) is 2.71. The van der Waals surface area contributed by atoms with Crippen LogP contribution >= 0.6 is 0 Å². The molecule has 7 heteroatoms. The van der Waals surface area contributed by atoms with Crippen LogP contribution in [0, 0.1) is 0 Å². The maximum atomic E-state index is 5.76. The number of fused-ring (bicyclic) bond motifs is 1. The van der Waals surface area contributed by atoms with Gasteiger partial charge in [-0.3, -0.25) is 4.57 Å². The Kier molecular flexibility index (Phi) is 3.64. The van der Waals surface area contributed by atoms with Crippen LogP contribution in [-0.4, -0.2) is 52.5 Å². The summed E-state index contributed by atoms with van der Waals surface area (Å²) in [5.41, 5.74) is 1.97. The Labute approximate surface area is 133 Å². The summed E-state index contributed by atoms with van der Waals surface area (Å²) in [5, 5.41) is 3.31. The predicted molar refractivity (Wildman–Crippen MR) is 87.7 cm³/mol. The average Bonchev–Trinajstić information content (AvgIpc) is 3.06. The molecule has 3 aromatic rings. The molecule has 1 fully saturated rings. The molecule has 4 rings (SSSR count). The van der Waals surface area contributed by atoms with Gasteiger partial charge in [-0.15, -0.1) is 0 Å². The predicted octanol–water partition coefficient (Wildman–Crippen LogP) is 1.20. The Morgan fingerprint density at radius 1 is 1.26 bits per heavy atom. The monoisotopic (exact) mass is 310 g/mol. The first kappa shape index (κ1) is 14.1. The quantitative estimate of drug-likeness (QED) is 0.784. The van der Waals surface area contributed by atoms with Crippen LogP contribution < -0.4 is 10.2 Å². The molecule has 0 saturated carbocycles. The van der Waals surface area contributed by atoms with Gasteiger partial charge in [0, 0.05) is 26.3 Å². The summed E-state index contributed by atoms with van der Waals surface area (Å²) >= 11 is 0. The summed E-state index contributed by atoms with van der Waals surface area (Å²) in [6.07, 6.45) is 3.49. The Bertz CT molecular complexity index is 811. The number of anilines is 1. The van der Waals surface area contributed by atoms with Crippen molar-refractivity contribution in [3.63, 3.8) is 0 Å². The van der Waals surface area contributed by atoms with E-state index in [1.165, 1.54) is 0 Å². The van der Waals surface area contributed by atoms with Crippen molar-refractivity contribution in [3.8, 4) is 5.82 Å². The van der Waals surface area contributed by atoms with E-state index in [4.69, 9.17) is 4.74 Å². The van der Waals surface area contributed by atoms with Crippen LogP contribution in [0.5, 0.6) is 0 Å². The van der Waals surface area contributed by atoms with Crippen molar-refractivity contribution < 1.29 is 4.74 Å². The number of aromatic nitrogens is 4. The number of imidazole rings is 1. The Balaban J connectivity index is 1.68. The van der Waals surface area contributed by atoms with Gasteiger partial charge in [0.2, 0.25) is 5.95 Å². The molecule has 1 unspecified atom stereocenters. The molecule has 1 atom stereocenters. The molecule has 1 aliphatic heterocycles. The van der Waals surface area contributed by atoms with Crippen LogP contribution in [0.2, 0.25) is 0 Å². The SMILES string of the molecule is CN(c1nccc(-n2cnc3ccccc32)n1)C1CNCCO1. The minimum absolute atomic E-state index is 0.0569. The maximum Gasteiger partial charge on any atom is 0.229 e. The van der Waals surface area contributed by atoms with E-state index in [1.54, 1.807) is 12.5 Å². The van der Waals surface area contributed by atoms with Crippen LogP contribution in [0.3, 0.4) is 0 Å². The average molecular weight is 310 g/mol. The van der Waals surface area contributed by atoms with E-state index in [0.29, 0.717) is 12.6 Å². The van der Waals surface area contributed by atoms with Gasteiger partial charge < -0.3 is 15.0 Å². The van der Waals surface area contributed by atoms with Gasteiger partial charge in [0.05, 0.1) is 17.6 Å². The summed E-state index contributed by atoms with van der Waals surface area (Å²) in [7, 11) is 1.95. The van der Waals surface area contributed by atoms with Crippen LogP contribution in [-0.2, 0) is 4.74 Å². The molecule has 0 aliphatic carbocycles. The third kappa shape index (κ3) is 2.64. The van der Waals surface area contributed by atoms with E-state index in [1.807, 2.05) is 46.8 Å². The summed E-state index contributed by atoms with van der Waals surface area (Å²) in [6.45, 7) is 2.34. The second kappa shape index (κ2) is 5.94. The Hall–Kier alpha value is -2.51. The number of hydrogen-bond donors (Lipinski definition) is 1. The highest BCUT2D eigenvalue weighted by Crippen LogP contribution is 2.18. The molecule has 118 valence electrons. The van der Waals surface area contributed by atoms with Gasteiger partial charge >= 0.3 is 0 Å². The topological polar surface area (TPSA) is 68.1 Å². The highest BCUT2D eigenvalue weighted by molar-refractivity contribution is 5.76. The third-order valence-electron chi connectivity index (χ3n) is 3.98. The molecule has 0 bridgehead atoms. The number of morpholine rings is 1. The van der Waals surface area contributed by atoms with Crippen LogP contribution in [0.15, 0.2) is 42.9 Å². The normalized spacial score (nSPS) is 18.2. The number of benzene rings is 1. The zero-order valence-corrected chi connectivity index (χ0v) is 12.9. The molecule has 2 aromatic heterocycles. The van der Waals surface area contributed by atoms with Gasteiger partial charge in [0.1, 0.15) is 18.4 Å². The number of rotatable bonds is 3. The largest absolute Gasteiger partial charge is 0.356 e. The van der Waals surface area contributed by atoms with Crippen molar-refractivity contribution in [1.82, 2.24) is 24.8 Å². The van der Waals surface area contributed by atoms with Crippen LogP contribution in [0.25, 0.3) is 16.9 Å². The number of ether oxygens (including phenoxy) is 1. The van der Waals surface area contributed by atoms with E-state index < -0.39 is 0 Å². The second-order valence-corrected chi connectivity index (χ2v) is 5.46. The lowest BCUT2D eigenvalue weighted by Crippen LogP contribution is -2.48. The van der Waals surface area contributed by atoms with E-state index in [9.17, 15) is 0 Å². The molecule has 0 radical (unpaired) electrons. The summed E-state index contributed by atoms with van der Waals surface area (Å²) in [5.74, 6) is 1.42. The van der Waals surface area contributed by atoms with Crippen LogP contribution in [0.4, 0.5) is 5.95 Å². The molecule has 7 nitrogen and oxygen atoms in total. The van der Waals surface area contributed by atoms with Crippen molar-refractivity contribution in [1.29, 1.82) is 0 Å². The van der Waals surface area contributed by atoms with Gasteiger partial charge in [-0.25, -0.2) is 9.97 Å². The highest BCUT2D eigenvalue weighted by atomic mass is 16.5. The maximum absolute atomic E-state index is 5.76. The van der Waals surface area contributed by atoms with Crippen molar-refractivity contribution in [2.45, 2.75) is 6.23 Å². The highest BCUT2D eigenvalue weighted by Gasteiger charge is 2.21. The Morgan fingerprint density at radius 2 is 2.17 bits per heavy atom. The molecule has 23 heavy (non-hydrogen) atoms. The third-order valence-corrected chi connectivity index (χ3v) is 3.98. The van der Waals surface area contributed by atoms with Gasteiger partial charge in [0.15, 0.2) is 0 Å². The Morgan fingerprint density at radius 3 is 3.04 bits per heavy atom. The summed E-state index contributed by atoms with van der Waals surface area (Å²) < 4.78 is 7.73. The van der Waals surface area contributed by atoms with E-state index >= 15 is 0 Å². The number of likely N-dealkylation sites (N-methyl/N-ethyl adjacent to an activating group) is 1. The first-order chi connectivity index (χ1) is 11.3. The summed E-state index contributed by atoms with van der Waals surface area (Å²) in [6, 6.07) is 9.87. The molecule has 0 amide bonds. The van der Waals surface area contributed by atoms with Crippen molar-refractivity contribution >= 4 is 17.0 Å². The standard InChI is InChI=1S/C16H18N6O/c1-21(15-10-17-8-9-23-15)16-18-7-6-14(20-16)22-11-19-12-4-2-3-5-13(12)22/h2-7,11,15,17H,8-10H2,1H3. The van der Waals surface area contributed by atoms with E-state index in [-0.39, 0.29) is 6.23 Å². The number of hydrogen-bond acceptors (Lipinski definition) is 6. The minimum atomic E-state index is -0.0569. The van der Waals surface area contributed by atoms with Crippen molar-refractivity contribution in [2.24, 2.45) is 0 Å². The molecule has 1 saturated heterocycles. The van der Waals surface area contributed by atoms with Crippen molar-refractivity contribution in [3.05, 3.63) is 42.9 Å². The molecular formula is C16H18N6O. The van der Waals surface area contributed by atoms with Gasteiger partial charge in [-0.2, -0.15) is 4.98 Å². The summed E-state index contributed by atoms with van der Waals surface area (Å²) in [4.78, 5) is 15.4. The molecule has 0 spiro atoms. The van der Waals surface area contributed by atoms with Crippen LogP contribution in [0.1, 0.15) is 0 Å². The van der Waals surface area contributed by atoms with Gasteiger partial charge in [-0.1, -0.05) is 12.1 Å². The van der Waals surface area contributed by atoms with Crippen molar-refractivity contribution in [2.75, 3.05) is 31.6 Å². The molecule has 1 aliphatic rings. The van der Waals surface area contributed by atoms with Gasteiger partial charge in [0.25, 0.3) is 0 Å². The lowest BCUT2D eigenvalue weighted by molar-refractivity contribution is 0.0290. The zero-order valence-electron chi connectivity index (χ0n) is 12.9.